The normalized spacial score (nSPS) is 12.0. The first-order valence-corrected chi connectivity index (χ1v) is 8.74. The maximum atomic E-state index is 12.4. The maximum Gasteiger partial charge on any atom is 0.186 e. The molecule has 0 bridgehead atoms. The topological polar surface area (TPSA) is 78.0 Å². The predicted octanol–water partition coefficient (Wildman–Crippen LogP) is 2.80. The fraction of sp³-hybridized carbons (Fsp3) is 0.400. The largest absolute Gasteiger partial charge is 0.398 e. The number of anilines is 1. The Morgan fingerprint density at radius 2 is 1.86 bits per heavy atom. The van der Waals surface area contributed by atoms with Crippen LogP contribution in [0.3, 0.4) is 0 Å². The van der Waals surface area contributed by atoms with Crippen LogP contribution in [0.25, 0.3) is 0 Å². The van der Waals surface area contributed by atoms with E-state index in [0.29, 0.717) is 11.7 Å². The van der Waals surface area contributed by atoms with Gasteiger partial charge in [0.15, 0.2) is 9.84 Å². The highest BCUT2D eigenvalue weighted by Crippen LogP contribution is 2.22. The Morgan fingerprint density at radius 3 is 2.48 bits per heavy atom. The summed E-state index contributed by atoms with van der Waals surface area (Å²) in [6.07, 6.45) is 3.78. The van der Waals surface area contributed by atoms with Crippen LogP contribution in [0, 0.1) is 0 Å². The fourth-order valence-electron chi connectivity index (χ4n) is 2.36. The molecule has 0 saturated carbocycles. The zero-order valence-corrected chi connectivity index (χ0v) is 13.2. The molecule has 0 aliphatic rings. The van der Waals surface area contributed by atoms with Crippen molar-refractivity contribution in [2.24, 2.45) is 0 Å². The number of benzene rings is 1. The minimum atomic E-state index is -3.47. The van der Waals surface area contributed by atoms with Gasteiger partial charge in [-0.15, -0.1) is 0 Å². The molecule has 0 amide bonds. The molecule has 0 atom stereocenters. The lowest BCUT2D eigenvalue weighted by atomic mass is 10.2. The molecule has 5 nitrogen and oxygen atoms in total. The summed E-state index contributed by atoms with van der Waals surface area (Å²) < 4.78 is 26.7. The number of nitrogen functional groups attached to an aromatic ring is 1. The van der Waals surface area contributed by atoms with Crippen LogP contribution < -0.4 is 5.73 Å². The molecule has 0 aliphatic carbocycles. The maximum absolute atomic E-state index is 12.4. The molecule has 0 radical (unpaired) electrons. The van der Waals surface area contributed by atoms with Crippen molar-refractivity contribution in [3.05, 3.63) is 42.2 Å². The molecular formula is C15H21N3O2S. The Bertz CT molecular complexity index is 703. The van der Waals surface area contributed by atoms with Crippen molar-refractivity contribution in [2.45, 2.75) is 43.4 Å². The SMILES string of the molecule is CCC(CC)n1ccc(CS(=O)(=O)c2ccccc2N)n1. The van der Waals surface area contributed by atoms with Crippen molar-refractivity contribution in [3.8, 4) is 0 Å². The Balaban J connectivity index is 2.24. The molecule has 0 saturated heterocycles. The molecule has 0 spiro atoms. The van der Waals surface area contributed by atoms with E-state index in [-0.39, 0.29) is 16.3 Å². The van der Waals surface area contributed by atoms with Gasteiger partial charge in [0.2, 0.25) is 0 Å². The van der Waals surface area contributed by atoms with Gasteiger partial charge in [0, 0.05) is 6.20 Å². The van der Waals surface area contributed by atoms with E-state index in [1.165, 1.54) is 6.07 Å². The third-order valence-corrected chi connectivity index (χ3v) is 5.29. The predicted molar refractivity (Wildman–Crippen MR) is 83.6 cm³/mol. The molecule has 0 aliphatic heterocycles. The molecular weight excluding hydrogens is 286 g/mol. The van der Waals surface area contributed by atoms with Crippen LogP contribution in [0.4, 0.5) is 5.69 Å². The summed E-state index contributed by atoms with van der Waals surface area (Å²) >= 11 is 0. The average molecular weight is 307 g/mol. The molecule has 2 aromatic rings. The van der Waals surface area contributed by atoms with Gasteiger partial charge in [-0.1, -0.05) is 26.0 Å². The van der Waals surface area contributed by atoms with Gasteiger partial charge >= 0.3 is 0 Å². The summed E-state index contributed by atoms with van der Waals surface area (Å²) in [7, 11) is -3.47. The first kappa shape index (κ1) is 15.6. The fourth-order valence-corrected chi connectivity index (χ4v) is 3.77. The number of hydrogen-bond donors (Lipinski definition) is 1. The number of sulfone groups is 1. The molecule has 0 fully saturated rings. The van der Waals surface area contributed by atoms with Crippen LogP contribution in [-0.4, -0.2) is 18.2 Å². The van der Waals surface area contributed by atoms with Crippen molar-refractivity contribution in [1.29, 1.82) is 0 Å². The van der Waals surface area contributed by atoms with Gasteiger partial charge in [-0.3, -0.25) is 4.68 Å². The van der Waals surface area contributed by atoms with Gasteiger partial charge in [0.1, 0.15) is 0 Å². The zero-order valence-electron chi connectivity index (χ0n) is 12.4. The van der Waals surface area contributed by atoms with Crippen LogP contribution in [0.2, 0.25) is 0 Å². The van der Waals surface area contributed by atoms with Crippen molar-refractivity contribution < 1.29 is 8.42 Å². The zero-order chi connectivity index (χ0) is 15.5. The number of hydrogen-bond acceptors (Lipinski definition) is 4. The van der Waals surface area contributed by atoms with Gasteiger partial charge in [0.25, 0.3) is 0 Å². The lowest BCUT2D eigenvalue weighted by molar-refractivity contribution is 0.426. The summed E-state index contributed by atoms with van der Waals surface area (Å²) in [6, 6.07) is 8.58. The second-order valence-electron chi connectivity index (χ2n) is 5.05. The van der Waals surface area contributed by atoms with E-state index < -0.39 is 9.84 Å². The molecule has 1 aromatic carbocycles. The lowest BCUT2D eigenvalue weighted by Gasteiger charge is -2.12. The highest BCUT2D eigenvalue weighted by atomic mass is 32.2. The second kappa shape index (κ2) is 6.30. The minimum absolute atomic E-state index is 0.131. The van der Waals surface area contributed by atoms with Crippen LogP contribution in [0.1, 0.15) is 38.4 Å². The van der Waals surface area contributed by atoms with E-state index in [4.69, 9.17) is 5.73 Å². The van der Waals surface area contributed by atoms with E-state index in [1.54, 1.807) is 24.3 Å². The number of para-hydroxylation sites is 1. The van der Waals surface area contributed by atoms with Gasteiger partial charge in [-0.05, 0) is 31.0 Å². The van der Waals surface area contributed by atoms with Crippen LogP contribution in [0.15, 0.2) is 41.4 Å². The number of aromatic nitrogens is 2. The van der Waals surface area contributed by atoms with E-state index in [9.17, 15) is 8.42 Å². The summed E-state index contributed by atoms with van der Waals surface area (Å²) in [5, 5.41) is 4.39. The van der Waals surface area contributed by atoms with E-state index in [2.05, 4.69) is 18.9 Å². The first-order chi connectivity index (χ1) is 9.97. The summed E-state index contributed by atoms with van der Waals surface area (Å²) in [4.78, 5) is 0.169. The monoisotopic (exact) mass is 307 g/mol. The van der Waals surface area contributed by atoms with Gasteiger partial charge < -0.3 is 5.73 Å². The molecule has 2 N–H and O–H groups in total. The van der Waals surface area contributed by atoms with Crippen molar-refractivity contribution in [3.63, 3.8) is 0 Å². The highest BCUT2D eigenvalue weighted by Gasteiger charge is 2.20. The Hall–Kier alpha value is -1.82. The van der Waals surface area contributed by atoms with E-state index >= 15 is 0 Å². The van der Waals surface area contributed by atoms with Crippen molar-refractivity contribution >= 4 is 15.5 Å². The molecule has 114 valence electrons. The van der Waals surface area contributed by atoms with Gasteiger partial charge in [0.05, 0.1) is 28.1 Å². The number of rotatable bonds is 6. The molecule has 2 rings (SSSR count). The van der Waals surface area contributed by atoms with Crippen molar-refractivity contribution in [2.75, 3.05) is 5.73 Å². The molecule has 6 heteroatoms. The average Bonchev–Trinajstić information content (AvgIpc) is 2.88. The third kappa shape index (κ3) is 3.44. The Labute approximate surface area is 125 Å². The second-order valence-corrected chi connectivity index (χ2v) is 7.01. The molecule has 21 heavy (non-hydrogen) atoms. The van der Waals surface area contributed by atoms with Crippen LogP contribution in [0.5, 0.6) is 0 Å². The molecule has 1 heterocycles. The van der Waals surface area contributed by atoms with Crippen molar-refractivity contribution in [1.82, 2.24) is 9.78 Å². The highest BCUT2D eigenvalue weighted by molar-refractivity contribution is 7.90. The molecule has 0 unspecified atom stereocenters. The van der Waals surface area contributed by atoms with Gasteiger partial charge in [-0.2, -0.15) is 5.10 Å². The van der Waals surface area contributed by atoms with E-state index in [1.807, 2.05) is 10.9 Å². The summed E-state index contributed by atoms with van der Waals surface area (Å²) in [5.41, 5.74) is 6.57. The summed E-state index contributed by atoms with van der Waals surface area (Å²) in [5.74, 6) is -0.131. The third-order valence-electron chi connectivity index (χ3n) is 3.57. The summed E-state index contributed by atoms with van der Waals surface area (Å²) in [6.45, 7) is 4.19. The number of nitrogens with zero attached hydrogens (tertiary/aromatic N) is 2. The first-order valence-electron chi connectivity index (χ1n) is 7.09. The standard InChI is InChI=1S/C15H21N3O2S/c1-3-13(4-2)18-10-9-12(17-18)11-21(19,20)15-8-6-5-7-14(15)16/h5-10,13H,3-4,11,16H2,1-2H3. The minimum Gasteiger partial charge on any atom is -0.398 e. The smallest absolute Gasteiger partial charge is 0.186 e. The Morgan fingerprint density at radius 1 is 1.19 bits per heavy atom. The van der Waals surface area contributed by atoms with Crippen LogP contribution >= 0.6 is 0 Å². The Kier molecular flexibility index (Phi) is 4.67. The quantitative estimate of drug-likeness (QED) is 0.832. The van der Waals surface area contributed by atoms with Crippen LogP contribution in [-0.2, 0) is 15.6 Å². The van der Waals surface area contributed by atoms with E-state index in [0.717, 1.165) is 12.8 Å². The molecule has 1 aromatic heterocycles. The number of nitrogens with two attached hydrogens (primary N) is 1. The lowest BCUT2D eigenvalue weighted by Crippen LogP contribution is -2.11. The van der Waals surface area contributed by atoms with Gasteiger partial charge in [-0.25, -0.2) is 8.42 Å².